The third-order valence-corrected chi connectivity index (χ3v) is 4.90. The number of nitro benzene ring substituents is 1. The summed E-state index contributed by atoms with van der Waals surface area (Å²) in [6.45, 7) is 1.56. The summed E-state index contributed by atoms with van der Waals surface area (Å²) >= 11 is 6.41. The summed E-state index contributed by atoms with van der Waals surface area (Å²) in [4.78, 5) is 34.7. The van der Waals surface area contributed by atoms with Crippen LogP contribution in [-0.4, -0.2) is 29.0 Å². The zero-order chi connectivity index (χ0) is 20.3. The number of halogens is 2. The molecule has 0 aromatic heterocycles. The highest BCUT2D eigenvalue weighted by molar-refractivity contribution is 9.11. The van der Waals surface area contributed by atoms with Crippen molar-refractivity contribution in [3.63, 3.8) is 0 Å². The Kier molecular flexibility index (Phi) is 6.55. The first-order valence-electron chi connectivity index (χ1n) is 7.51. The lowest BCUT2D eigenvalue weighted by Gasteiger charge is -2.15. The number of benzene rings is 2. The van der Waals surface area contributed by atoms with E-state index in [4.69, 9.17) is 4.74 Å². The van der Waals surface area contributed by atoms with Crippen molar-refractivity contribution in [2.45, 2.75) is 12.8 Å². The Hall–Kier alpha value is -2.46. The van der Waals surface area contributed by atoms with Gasteiger partial charge in [-0.2, -0.15) is 0 Å². The number of carboxylic acids is 1. The number of carboxylic acid groups (broad SMARTS) is 1. The Morgan fingerprint density at radius 2 is 1.93 bits per heavy atom. The van der Waals surface area contributed by atoms with Crippen molar-refractivity contribution in [1.82, 2.24) is 0 Å². The number of rotatable bonds is 6. The quantitative estimate of drug-likeness (QED) is 0.442. The standard InChI is InChI=1S/C17H14Br2N2O6/c1-8(9-3-4-14(27-2)13(5-9)21(25)26)16(22)20-12-7-10(18)6-11(19)15(12)17(23)24/h3-8H,1-2H3,(H,20,22)(H,23,24). The summed E-state index contributed by atoms with van der Waals surface area (Å²) in [5.41, 5.74) is 0.139. The second-order valence-electron chi connectivity index (χ2n) is 5.51. The number of carbonyl (C=O) groups excluding carboxylic acids is 1. The lowest BCUT2D eigenvalue weighted by molar-refractivity contribution is -0.385. The van der Waals surface area contributed by atoms with Gasteiger partial charge >= 0.3 is 11.7 Å². The molecule has 0 aliphatic carbocycles. The number of nitrogens with zero attached hydrogens (tertiary/aromatic N) is 1. The molecule has 0 aliphatic heterocycles. The number of nitrogens with one attached hydrogen (secondary N) is 1. The van der Waals surface area contributed by atoms with E-state index >= 15 is 0 Å². The van der Waals surface area contributed by atoms with Crippen molar-refractivity contribution in [3.8, 4) is 5.75 Å². The zero-order valence-electron chi connectivity index (χ0n) is 14.2. The van der Waals surface area contributed by atoms with Crippen LogP contribution in [0.5, 0.6) is 5.75 Å². The highest BCUT2D eigenvalue weighted by Crippen LogP contribution is 2.33. The van der Waals surface area contributed by atoms with Crippen LogP contribution in [0.2, 0.25) is 0 Å². The smallest absolute Gasteiger partial charge is 0.338 e. The average Bonchev–Trinajstić information content (AvgIpc) is 2.59. The lowest BCUT2D eigenvalue weighted by Crippen LogP contribution is -2.21. The van der Waals surface area contributed by atoms with Gasteiger partial charge in [0.25, 0.3) is 0 Å². The SMILES string of the molecule is COc1ccc(C(C)C(=O)Nc2cc(Br)cc(Br)c2C(=O)O)cc1[N+](=O)[O-]. The van der Waals surface area contributed by atoms with E-state index in [-0.39, 0.29) is 22.7 Å². The Balaban J connectivity index is 2.36. The molecule has 27 heavy (non-hydrogen) atoms. The van der Waals surface area contributed by atoms with Crippen LogP contribution in [0.15, 0.2) is 39.3 Å². The zero-order valence-corrected chi connectivity index (χ0v) is 17.3. The molecule has 0 saturated heterocycles. The van der Waals surface area contributed by atoms with Crippen LogP contribution >= 0.6 is 31.9 Å². The minimum Gasteiger partial charge on any atom is -0.490 e. The largest absolute Gasteiger partial charge is 0.490 e. The average molecular weight is 502 g/mol. The van der Waals surface area contributed by atoms with Gasteiger partial charge in [0.05, 0.1) is 29.2 Å². The van der Waals surface area contributed by atoms with Gasteiger partial charge in [0.1, 0.15) is 0 Å². The van der Waals surface area contributed by atoms with Gasteiger partial charge in [0, 0.05) is 15.0 Å². The van der Waals surface area contributed by atoms with Gasteiger partial charge < -0.3 is 15.2 Å². The first-order valence-corrected chi connectivity index (χ1v) is 9.09. The molecule has 2 rings (SSSR count). The van der Waals surface area contributed by atoms with Gasteiger partial charge in [-0.25, -0.2) is 4.79 Å². The van der Waals surface area contributed by atoms with E-state index in [0.717, 1.165) is 0 Å². The molecular formula is C17H14Br2N2O6. The molecule has 0 bridgehead atoms. The molecular weight excluding hydrogens is 488 g/mol. The van der Waals surface area contributed by atoms with E-state index in [9.17, 15) is 24.8 Å². The first-order chi connectivity index (χ1) is 12.6. The third-order valence-electron chi connectivity index (χ3n) is 3.82. The monoisotopic (exact) mass is 500 g/mol. The predicted molar refractivity (Wildman–Crippen MR) is 105 cm³/mol. The lowest BCUT2D eigenvalue weighted by atomic mass is 9.99. The fourth-order valence-corrected chi connectivity index (χ4v) is 3.80. The third kappa shape index (κ3) is 4.64. The van der Waals surface area contributed by atoms with Crippen LogP contribution in [0.1, 0.15) is 28.8 Å². The van der Waals surface area contributed by atoms with Gasteiger partial charge in [0.2, 0.25) is 5.91 Å². The van der Waals surface area contributed by atoms with Crippen LogP contribution in [0.3, 0.4) is 0 Å². The summed E-state index contributed by atoms with van der Waals surface area (Å²) in [7, 11) is 1.32. The van der Waals surface area contributed by atoms with Crippen LogP contribution in [0.25, 0.3) is 0 Å². The van der Waals surface area contributed by atoms with Crippen molar-refractivity contribution in [2.24, 2.45) is 0 Å². The molecule has 142 valence electrons. The molecule has 2 N–H and O–H groups in total. The predicted octanol–water partition coefficient (Wildman–Crippen LogP) is 4.57. The van der Waals surface area contributed by atoms with E-state index in [0.29, 0.717) is 14.5 Å². The molecule has 1 unspecified atom stereocenters. The van der Waals surface area contributed by atoms with Crippen molar-refractivity contribution < 1.29 is 24.4 Å². The maximum Gasteiger partial charge on any atom is 0.338 e. The van der Waals surface area contributed by atoms with E-state index in [2.05, 4.69) is 37.2 Å². The summed E-state index contributed by atoms with van der Waals surface area (Å²) in [5.74, 6) is -2.41. The van der Waals surface area contributed by atoms with Crippen LogP contribution in [0.4, 0.5) is 11.4 Å². The molecule has 2 aromatic rings. The topological polar surface area (TPSA) is 119 Å². The summed E-state index contributed by atoms with van der Waals surface area (Å²) in [6.07, 6.45) is 0. The fourth-order valence-electron chi connectivity index (χ4n) is 2.40. The molecule has 0 saturated carbocycles. The van der Waals surface area contributed by atoms with E-state index in [1.165, 1.54) is 25.3 Å². The Morgan fingerprint density at radius 3 is 2.48 bits per heavy atom. The molecule has 0 aliphatic rings. The minimum atomic E-state index is -1.21. The van der Waals surface area contributed by atoms with Crippen LogP contribution in [0, 0.1) is 10.1 Å². The minimum absolute atomic E-state index is 0.0837. The number of nitro groups is 1. The van der Waals surface area contributed by atoms with Gasteiger partial charge in [-0.05, 0) is 46.6 Å². The number of ether oxygens (including phenoxy) is 1. The van der Waals surface area contributed by atoms with Crippen LogP contribution in [-0.2, 0) is 4.79 Å². The Morgan fingerprint density at radius 1 is 1.26 bits per heavy atom. The number of amides is 1. The number of anilines is 1. The molecule has 2 aromatic carbocycles. The van der Waals surface area contributed by atoms with Crippen molar-refractivity contribution >= 4 is 55.1 Å². The number of hydrogen-bond acceptors (Lipinski definition) is 5. The number of hydrogen-bond donors (Lipinski definition) is 2. The summed E-state index contributed by atoms with van der Waals surface area (Å²) < 4.78 is 5.82. The Bertz CT molecular complexity index is 932. The maximum absolute atomic E-state index is 12.6. The van der Waals surface area contributed by atoms with Crippen molar-refractivity contribution in [1.29, 1.82) is 0 Å². The van der Waals surface area contributed by atoms with Crippen molar-refractivity contribution in [2.75, 3.05) is 12.4 Å². The van der Waals surface area contributed by atoms with E-state index < -0.39 is 22.7 Å². The summed E-state index contributed by atoms with van der Waals surface area (Å²) in [6, 6.07) is 7.24. The highest BCUT2D eigenvalue weighted by atomic mass is 79.9. The number of aromatic carboxylic acids is 1. The Labute approximate surface area is 170 Å². The first kappa shape index (κ1) is 20.8. The second-order valence-corrected chi connectivity index (χ2v) is 7.28. The highest BCUT2D eigenvalue weighted by Gasteiger charge is 2.24. The molecule has 1 atom stereocenters. The maximum atomic E-state index is 12.6. The van der Waals surface area contributed by atoms with Crippen LogP contribution < -0.4 is 10.1 Å². The fraction of sp³-hybridized carbons (Fsp3) is 0.176. The summed E-state index contributed by atoms with van der Waals surface area (Å²) in [5, 5.41) is 23.1. The van der Waals surface area contributed by atoms with Gasteiger partial charge in [-0.1, -0.05) is 22.0 Å². The molecule has 10 heteroatoms. The van der Waals surface area contributed by atoms with Gasteiger partial charge in [-0.15, -0.1) is 0 Å². The molecule has 0 fully saturated rings. The van der Waals surface area contributed by atoms with E-state index in [1.807, 2.05) is 0 Å². The molecule has 1 amide bonds. The molecule has 0 heterocycles. The molecule has 0 spiro atoms. The number of carbonyl (C=O) groups is 2. The van der Waals surface area contributed by atoms with Crippen molar-refractivity contribution in [3.05, 3.63) is 60.5 Å². The molecule has 8 nitrogen and oxygen atoms in total. The molecule has 0 radical (unpaired) electrons. The van der Waals surface area contributed by atoms with E-state index in [1.54, 1.807) is 19.1 Å². The normalized spacial score (nSPS) is 11.6. The number of methoxy groups -OCH3 is 1. The van der Waals surface area contributed by atoms with Gasteiger partial charge in [0.15, 0.2) is 5.75 Å². The van der Waals surface area contributed by atoms with Gasteiger partial charge in [-0.3, -0.25) is 14.9 Å². The second kappa shape index (κ2) is 8.49.